The number of carboxylic acids is 1. The van der Waals surface area contributed by atoms with Crippen LogP contribution in [0.25, 0.3) is 0 Å². The molecule has 2 aliphatic heterocycles. The SMILES string of the molecule is CC1CN(S(=O)(=O)N2CCC(C(=O)O)CC2)CC(CO)O1. The summed E-state index contributed by atoms with van der Waals surface area (Å²) in [5.74, 6) is -1.34. The Hall–Kier alpha value is -0.740. The number of hydrogen-bond donors (Lipinski definition) is 2. The van der Waals surface area contributed by atoms with Gasteiger partial charge in [0, 0.05) is 26.2 Å². The highest BCUT2D eigenvalue weighted by Crippen LogP contribution is 2.23. The van der Waals surface area contributed by atoms with Gasteiger partial charge in [-0.25, -0.2) is 0 Å². The van der Waals surface area contributed by atoms with Crippen LogP contribution in [0.3, 0.4) is 0 Å². The molecular formula is C12H22N2O6S. The summed E-state index contributed by atoms with van der Waals surface area (Å²) in [6.45, 7) is 2.35. The molecule has 2 atom stereocenters. The van der Waals surface area contributed by atoms with Crippen LogP contribution < -0.4 is 0 Å². The average Bonchev–Trinajstić information content (AvgIpc) is 2.46. The van der Waals surface area contributed by atoms with Crippen LogP contribution in [0.1, 0.15) is 19.8 Å². The smallest absolute Gasteiger partial charge is 0.306 e. The van der Waals surface area contributed by atoms with Gasteiger partial charge >= 0.3 is 5.97 Å². The van der Waals surface area contributed by atoms with Crippen molar-refractivity contribution in [1.82, 2.24) is 8.61 Å². The van der Waals surface area contributed by atoms with Crippen LogP contribution in [-0.2, 0) is 19.7 Å². The molecule has 2 N–H and O–H groups in total. The number of carboxylic acid groups (broad SMARTS) is 1. The minimum absolute atomic E-state index is 0.127. The highest BCUT2D eigenvalue weighted by Gasteiger charge is 2.38. The number of aliphatic hydroxyl groups excluding tert-OH is 1. The Morgan fingerprint density at radius 1 is 1.24 bits per heavy atom. The van der Waals surface area contributed by atoms with E-state index in [0.29, 0.717) is 12.8 Å². The number of aliphatic hydroxyl groups is 1. The number of hydrogen-bond acceptors (Lipinski definition) is 5. The van der Waals surface area contributed by atoms with Gasteiger partial charge < -0.3 is 14.9 Å². The number of ether oxygens (including phenoxy) is 1. The Bertz CT molecular complexity index is 474. The number of carbonyl (C=O) groups is 1. The quantitative estimate of drug-likeness (QED) is 0.695. The molecule has 2 saturated heterocycles. The summed E-state index contributed by atoms with van der Waals surface area (Å²) >= 11 is 0. The van der Waals surface area contributed by atoms with Gasteiger partial charge in [0.1, 0.15) is 0 Å². The molecule has 0 bridgehead atoms. The number of nitrogens with zero attached hydrogens (tertiary/aromatic N) is 2. The first-order valence-electron chi connectivity index (χ1n) is 7.09. The lowest BCUT2D eigenvalue weighted by Crippen LogP contribution is -2.55. The highest BCUT2D eigenvalue weighted by atomic mass is 32.2. The lowest BCUT2D eigenvalue weighted by atomic mass is 9.99. The zero-order chi connectivity index (χ0) is 15.6. The molecule has 122 valence electrons. The van der Waals surface area contributed by atoms with Gasteiger partial charge in [0.15, 0.2) is 0 Å². The van der Waals surface area contributed by atoms with E-state index >= 15 is 0 Å². The van der Waals surface area contributed by atoms with Crippen molar-refractivity contribution in [1.29, 1.82) is 0 Å². The highest BCUT2D eigenvalue weighted by molar-refractivity contribution is 7.86. The van der Waals surface area contributed by atoms with Gasteiger partial charge in [0.25, 0.3) is 10.2 Å². The summed E-state index contributed by atoms with van der Waals surface area (Å²) < 4.78 is 33.3. The van der Waals surface area contributed by atoms with Crippen molar-refractivity contribution < 1.29 is 28.2 Å². The largest absolute Gasteiger partial charge is 0.481 e. The van der Waals surface area contributed by atoms with Crippen LogP contribution in [0.15, 0.2) is 0 Å². The van der Waals surface area contributed by atoms with E-state index in [9.17, 15) is 18.3 Å². The molecule has 2 unspecified atom stereocenters. The first kappa shape index (κ1) is 16.6. The predicted molar refractivity (Wildman–Crippen MR) is 73.8 cm³/mol. The Morgan fingerprint density at radius 2 is 1.86 bits per heavy atom. The third kappa shape index (κ3) is 3.72. The fourth-order valence-electron chi connectivity index (χ4n) is 2.79. The summed E-state index contributed by atoms with van der Waals surface area (Å²) in [7, 11) is -3.63. The molecule has 0 amide bonds. The van der Waals surface area contributed by atoms with Gasteiger partial charge in [-0.2, -0.15) is 17.0 Å². The summed E-state index contributed by atoms with van der Waals surface area (Å²) in [5.41, 5.74) is 0. The van der Waals surface area contributed by atoms with Gasteiger partial charge in [-0.05, 0) is 19.8 Å². The minimum atomic E-state index is -3.63. The van der Waals surface area contributed by atoms with E-state index in [0.717, 1.165) is 0 Å². The van der Waals surface area contributed by atoms with Crippen LogP contribution in [0, 0.1) is 5.92 Å². The van der Waals surface area contributed by atoms with Gasteiger partial charge in [-0.3, -0.25) is 4.79 Å². The molecule has 0 aliphatic carbocycles. The predicted octanol–water partition coefficient (Wildman–Crippen LogP) is -0.891. The van der Waals surface area contributed by atoms with Crippen molar-refractivity contribution in [3.63, 3.8) is 0 Å². The second-order valence-corrected chi connectivity index (χ2v) is 7.52. The molecule has 0 spiro atoms. The van der Waals surface area contributed by atoms with E-state index in [1.165, 1.54) is 8.61 Å². The maximum absolute atomic E-state index is 12.6. The van der Waals surface area contributed by atoms with Gasteiger partial charge in [0.2, 0.25) is 0 Å². The fourth-order valence-corrected chi connectivity index (χ4v) is 4.54. The van der Waals surface area contributed by atoms with E-state index in [1.807, 2.05) is 0 Å². The minimum Gasteiger partial charge on any atom is -0.481 e. The van der Waals surface area contributed by atoms with Crippen molar-refractivity contribution in [3.05, 3.63) is 0 Å². The molecule has 9 heteroatoms. The lowest BCUT2D eigenvalue weighted by Gasteiger charge is -2.39. The lowest BCUT2D eigenvalue weighted by molar-refractivity contribution is -0.143. The van der Waals surface area contributed by atoms with Crippen LogP contribution in [0.2, 0.25) is 0 Å². The Labute approximate surface area is 124 Å². The summed E-state index contributed by atoms with van der Waals surface area (Å²) in [5, 5.41) is 18.1. The third-order valence-corrected chi connectivity index (χ3v) is 5.92. The fraction of sp³-hybridized carbons (Fsp3) is 0.917. The Balaban J connectivity index is 2.03. The Kier molecular flexibility index (Phi) is 5.20. The van der Waals surface area contributed by atoms with Gasteiger partial charge in [0.05, 0.1) is 24.7 Å². The normalized spacial score (nSPS) is 30.4. The first-order chi connectivity index (χ1) is 9.84. The zero-order valence-electron chi connectivity index (χ0n) is 12.0. The van der Waals surface area contributed by atoms with Crippen LogP contribution in [0.4, 0.5) is 0 Å². The first-order valence-corrected chi connectivity index (χ1v) is 8.48. The molecule has 0 aromatic heterocycles. The number of aliphatic carboxylic acids is 1. The zero-order valence-corrected chi connectivity index (χ0v) is 12.8. The maximum atomic E-state index is 12.6. The van der Waals surface area contributed by atoms with E-state index < -0.39 is 28.2 Å². The second-order valence-electron chi connectivity index (χ2n) is 5.59. The molecule has 21 heavy (non-hydrogen) atoms. The van der Waals surface area contributed by atoms with E-state index in [4.69, 9.17) is 9.84 Å². The standard InChI is InChI=1S/C12H22N2O6S/c1-9-6-14(7-11(8-15)20-9)21(18,19)13-4-2-10(3-5-13)12(16)17/h9-11,15H,2-8H2,1H3,(H,16,17). The number of rotatable bonds is 4. The van der Waals surface area contributed by atoms with Crippen molar-refractivity contribution >= 4 is 16.2 Å². The maximum Gasteiger partial charge on any atom is 0.306 e. The van der Waals surface area contributed by atoms with Crippen molar-refractivity contribution in [2.75, 3.05) is 32.8 Å². The monoisotopic (exact) mass is 322 g/mol. The van der Waals surface area contributed by atoms with Gasteiger partial charge in [-0.1, -0.05) is 0 Å². The molecular weight excluding hydrogens is 300 g/mol. The van der Waals surface area contributed by atoms with Crippen molar-refractivity contribution in [2.45, 2.75) is 32.0 Å². The van der Waals surface area contributed by atoms with Crippen LogP contribution in [-0.4, -0.2) is 78.2 Å². The molecule has 0 radical (unpaired) electrons. The molecule has 0 saturated carbocycles. The topological polar surface area (TPSA) is 107 Å². The van der Waals surface area contributed by atoms with Crippen LogP contribution in [0.5, 0.6) is 0 Å². The average molecular weight is 322 g/mol. The summed E-state index contributed by atoms with van der Waals surface area (Å²) in [6.07, 6.45) is -0.127. The summed E-state index contributed by atoms with van der Waals surface area (Å²) in [4.78, 5) is 10.9. The van der Waals surface area contributed by atoms with E-state index in [1.54, 1.807) is 6.92 Å². The molecule has 2 rings (SSSR count). The molecule has 0 aromatic rings. The Morgan fingerprint density at radius 3 is 2.38 bits per heavy atom. The third-order valence-electron chi connectivity index (χ3n) is 3.95. The molecule has 2 fully saturated rings. The van der Waals surface area contributed by atoms with Crippen LogP contribution >= 0.6 is 0 Å². The number of morpholine rings is 1. The molecule has 0 aromatic carbocycles. The second kappa shape index (κ2) is 6.57. The summed E-state index contributed by atoms with van der Waals surface area (Å²) in [6, 6.07) is 0. The van der Waals surface area contributed by atoms with Crippen molar-refractivity contribution in [3.8, 4) is 0 Å². The molecule has 2 aliphatic rings. The van der Waals surface area contributed by atoms with E-state index in [-0.39, 0.29) is 38.9 Å². The van der Waals surface area contributed by atoms with E-state index in [2.05, 4.69) is 0 Å². The van der Waals surface area contributed by atoms with Gasteiger partial charge in [-0.15, -0.1) is 0 Å². The molecule has 8 nitrogen and oxygen atoms in total. The number of piperidine rings is 1. The van der Waals surface area contributed by atoms with Crippen molar-refractivity contribution in [2.24, 2.45) is 5.92 Å². The molecule has 2 heterocycles.